The van der Waals surface area contributed by atoms with Crippen molar-refractivity contribution >= 4 is 5.91 Å². The second-order valence-electron chi connectivity index (χ2n) is 7.28. The predicted octanol–water partition coefficient (Wildman–Crippen LogP) is 2.31. The molecule has 1 amide bonds. The highest BCUT2D eigenvalue weighted by Gasteiger charge is 2.29. The maximum absolute atomic E-state index is 13.0. The normalized spacial score (nSPS) is 20.4. The smallest absolute Gasteiger partial charge is 0.261 e. The van der Waals surface area contributed by atoms with Gasteiger partial charge in [0.1, 0.15) is 5.56 Å². The number of piperidine rings is 1. The van der Waals surface area contributed by atoms with E-state index in [1.165, 1.54) is 0 Å². The van der Waals surface area contributed by atoms with Crippen molar-refractivity contribution in [1.29, 1.82) is 0 Å². The van der Waals surface area contributed by atoms with Crippen molar-refractivity contribution in [1.82, 2.24) is 20.1 Å². The summed E-state index contributed by atoms with van der Waals surface area (Å²) >= 11 is 0. The molecule has 1 atom stereocenters. The SMILES string of the molecule is Cc1cn[nH]c1C1CCCN(C(=O)c2cc3c([nH]c2=O)CCCC3)C1. The predicted molar refractivity (Wildman–Crippen MR) is 94.9 cm³/mol. The minimum atomic E-state index is -0.245. The van der Waals surface area contributed by atoms with E-state index in [1.807, 2.05) is 24.1 Å². The fraction of sp³-hybridized carbons (Fsp3) is 0.526. The van der Waals surface area contributed by atoms with Crippen molar-refractivity contribution < 1.29 is 4.79 Å². The van der Waals surface area contributed by atoms with E-state index in [0.717, 1.165) is 61.0 Å². The summed E-state index contributed by atoms with van der Waals surface area (Å²) in [5.41, 5.74) is 4.43. The molecule has 2 aromatic heterocycles. The Morgan fingerprint density at radius 3 is 2.92 bits per heavy atom. The number of H-pyrrole nitrogens is 2. The minimum Gasteiger partial charge on any atom is -0.338 e. The van der Waals surface area contributed by atoms with Gasteiger partial charge in [-0.05, 0) is 62.6 Å². The number of amides is 1. The van der Waals surface area contributed by atoms with Crippen LogP contribution in [0.25, 0.3) is 0 Å². The van der Waals surface area contributed by atoms with Crippen molar-refractivity contribution in [2.45, 2.75) is 51.4 Å². The molecule has 6 heteroatoms. The first-order valence-electron chi connectivity index (χ1n) is 9.17. The summed E-state index contributed by atoms with van der Waals surface area (Å²) in [6, 6.07) is 1.83. The van der Waals surface area contributed by atoms with E-state index in [0.29, 0.717) is 18.7 Å². The number of hydrogen-bond donors (Lipinski definition) is 2. The van der Waals surface area contributed by atoms with Gasteiger partial charge in [-0.3, -0.25) is 14.7 Å². The second kappa shape index (κ2) is 6.50. The number of fused-ring (bicyclic) bond motifs is 1. The van der Waals surface area contributed by atoms with Crippen LogP contribution in [0.3, 0.4) is 0 Å². The van der Waals surface area contributed by atoms with Crippen LogP contribution in [-0.4, -0.2) is 39.1 Å². The number of likely N-dealkylation sites (tertiary alicyclic amines) is 1. The molecule has 2 aliphatic rings. The van der Waals surface area contributed by atoms with Gasteiger partial charge in [0.15, 0.2) is 0 Å². The summed E-state index contributed by atoms with van der Waals surface area (Å²) in [6.07, 6.45) is 7.88. The molecule has 1 fully saturated rings. The Morgan fingerprint density at radius 2 is 2.12 bits per heavy atom. The van der Waals surface area contributed by atoms with E-state index >= 15 is 0 Å². The van der Waals surface area contributed by atoms with E-state index in [4.69, 9.17) is 0 Å². The third-order valence-electron chi connectivity index (χ3n) is 5.55. The second-order valence-corrected chi connectivity index (χ2v) is 7.28. The van der Waals surface area contributed by atoms with Crippen LogP contribution in [0.4, 0.5) is 0 Å². The molecule has 25 heavy (non-hydrogen) atoms. The third-order valence-corrected chi connectivity index (χ3v) is 5.55. The highest BCUT2D eigenvalue weighted by Crippen LogP contribution is 2.28. The van der Waals surface area contributed by atoms with Crippen molar-refractivity contribution in [3.05, 3.63) is 50.7 Å². The van der Waals surface area contributed by atoms with Gasteiger partial charge in [0, 0.05) is 30.4 Å². The lowest BCUT2D eigenvalue weighted by Crippen LogP contribution is -2.41. The number of carbonyl (C=O) groups is 1. The van der Waals surface area contributed by atoms with Crippen LogP contribution in [0.15, 0.2) is 17.1 Å². The molecule has 2 N–H and O–H groups in total. The van der Waals surface area contributed by atoms with E-state index in [-0.39, 0.29) is 17.4 Å². The maximum atomic E-state index is 13.0. The molecule has 2 aromatic rings. The van der Waals surface area contributed by atoms with Gasteiger partial charge in [0.05, 0.1) is 6.20 Å². The van der Waals surface area contributed by atoms with Crippen LogP contribution < -0.4 is 5.56 Å². The summed E-state index contributed by atoms with van der Waals surface area (Å²) in [5.74, 6) is 0.119. The zero-order valence-corrected chi connectivity index (χ0v) is 14.6. The number of carbonyl (C=O) groups excluding carboxylic acids is 1. The van der Waals surface area contributed by atoms with Gasteiger partial charge in [-0.2, -0.15) is 5.10 Å². The quantitative estimate of drug-likeness (QED) is 0.880. The number of aromatic amines is 2. The Kier molecular flexibility index (Phi) is 4.19. The first kappa shape index (κ1) is 16.1. The zero-order chi connectivity index (χ0) is 17.4. The fourth-order valence-electron chi connectivity index (χ4n) is 4.17. The Hall–Kier alpha value is -2.37. The van der Waals surface area contributed by atoms with Gasteiger partial charge in [-0.1, -0.05) is 0 Å². The maximum Gasteiger partial charge on any atom is 0.261 e. The van der Waals surface area contributed by atoms with Crippen LogP contribution in [0.2, 0.25) is 0 Å². The molecule has 1 saturated heterocycles. The number of hydrogen-bond acceptors (Lipinski definition) is 3. The average Bonchev–Trinajstić information content (AvgIpc) is 3.06. The van der Waals surface area contributed by atoms with Crippen molar-refractivity contribution in [3.63, 3.8) is 0 Å². The highest BCUT2D eigenvalue weighted by atomic mass is 16.2. The molecule has 0 spiro atoms. The van der Waals surface area contributed by atoms with Gasteiger partial charge in [-0.25, -0.2) is 0 Å². The molecule has 3 heterocycles. The fourth-order valence-corrected chi connectivity index (χ4v) is 4.17. The topological polar surface area (TPSA) is 81.8 Å². The number of pyridine rings is 1. The summed E-state index contributed by atoms with van der Waals surface area (Å²) in [7, 11) is 0. The summed E-state index contributed by atoms with van der Waals surface area (Å²) < 4.78 is 0. The Morgan fingerprint density at radius 1 is 1.28 bits per heavy atom. The largest absolute Gasteiger partial charge is 0.338 e. The molecule has 132 valence electrons. The van der Waals surface area contributed by atoms with Crippen LogP contribution in [0, 0.1) is 6.92 Å². The number of nitrogens with one attached hydrogen (secondary N) is 2. The first-order chi connectivity index (χ1) is 12.1. The summed E-state index contributed by atoms with van der Waals surface area (Å²) in [5, 5.41) is 7.17. The van der Waals surface area contributed by atoms with Crippen LogP contribution in [-0.2, 0) is 12.8 Å². The molecule has 0 bridgehead atoms. The zero-order valence-electron chi connectivity index (χ0n) is 14.6. The van der Waals surface area contributed by atoms with E-state index in [9.17, 15) is 9.59 Å². The van der Waals surface area contributed by atoms with Crippen molar-refractivity contribution in [3.8, 4) is 0 Å². The molecule has 0 saturated carbocycles. The minimum absolute atomic E-state index is 0.142. The lowest BCUT2D eigenvalue weighted by Gasteiger charge is -2.32. The molecule has 1 aliphatic carbocycles. The summed E-state index contributed by atoms with van der Waals surface area (Å²) in [4.78, 5) is 30.2. The molecular weight excluding hydrogens is 316 g/mol. The summed E-state index contributed by atoms with van der Waals surface area (Å²) in [6.45, 7) is 3.38. The molecule has 1 unspecified atom stereocenters. The Labute approximate surface area is 146 Å². The van der Waals surface area contributed by atoms with E-state index in [1.54, 1.807) is 0 Å². The third kappa shape index (κ3) is 3.01. The number of nitrogens with zero attached hydrogens (tertiary/aromatic N) is 2. The molecule has 1 aliphatic heterocycles. The van der Waals surface area contributed by atoms with E-state index in [2.05, 4.69) is 15.2 Å². The van der Waals surface area contributed by atoms with Gasteiger partial charge in [0.2, 0.25) is 0 Å². The standard InChI is InChI=1S/C19H24N4O2/c1-12-10-20-22-17(12)14-6-4-8-23(11-14)19(25)15-9-13-5-2-3-7-16(13)21-18(15)24/h9-10,14H,2-8,11H2,1H3,(H,20,22)(H,21,24). The first-order valence-corrected chi connectivity index (χ1v) is 9.17. The molecule has 0 radical (unpaired) electrons. The van der Waals surface area contributed by atoms with Gasteiger partial charge in [-0.15, -0.1) is 0 Å². The molecule has 0 aromatic carbocycles. The average molecular weight is 340 g/mol. The number of rotatable bonds is 2. The lowest BCUT2D eigenvalue weighted by atomic mass is 9.92. The van der Waals surface area contributed by atoms with Crippen LogP contribution in [0.5, 0.6) is 0 Å². The van der Waals surface area contributed by atoms with E-state index < -0.39 is 0 Å². The van der Waals surface area contributed by atoms with Crippen LogP contribution in [0.1, 0.15) is 64.5 Å². The monoisotopic (exact) mass is 340 g/mol. The molecule has 4 rings (SSSR count). The number of aromatic nitrogens is 3. The van der Waals surface area contributed by atoms with Gasteiger partial charge < -0.3 is 9.88 Å². The lowest BCUT2D eigenvalue weighted by molar-refractivity contribution is 0.0703. The van der Waals surface area contributed by atoms with Crippen molar-refractivity contribution in [2.75, 3.05) is 13.1 Å². The Bertz CT molecular complexity index is 851. The highest BCUT2D eigenvalue weighted by molar-refractivity contribution is 5.94. The van der Waals surface area contributed by atoms with Gasteiger partial charge in [0.25, 0.3) is 11.5 Å². The van der Waals surface area contributed by atoms with Gasteiger partial charge >= 0.3 is 0 Å². The van der Waals surface area contributed by atoms with Crippen molar-refractivity contribution in [2.24, 2.45) is 0 Å². The molecular formula is C19H24N4O2. The van der Waals surface area contributed by atoms with Crippen LogP contribution >= 0.6 is 0 Å². The Balaban J connectivity index is 1.58. The molecule has 6 nitrogen and oxygen atoms in total. The number of aryl methyl sites for hydroxylation is 3.